The molecule has 1 aromatic heterocycles. The molecule has 0 atom stereocenters. The first-order chi connectivity index (χ1) is 10.9. The van der Waals surface area contributed by atoms with Gasteiger partial charge in [0.05, 0.1) is 15.9 Å². The number of rotatable bonds is 2. The number of hydrogen-bond donors (Lipinski definition) is 1. The van der Waals surface area contributed by atoms with Gasteiger partial charge in [-0.2, -0.15) is 0 Å². The van der Waals surface area contributed by atoms with Gasteiger partial charge in [0.1, 0.15) is 5.82 Å². The minimum Gasteiger partial charge on any atom is -0.305 e. The van der Waals surface area contributed by atoms with Crippen LogP contribution in [0.5, 0.6) is 0 Å². The predicted octanol–water partition coefficient (Wildman–Crippen LogP) is 5.22. The molecule has 1 heterocycles. The molecule has 0 saturated carbocycles. The van der Waals surface area contributed by atoms with E-state index in [0.29, 0.717) is 20.4 Å². The number of nitrogens with zero attached hydrogens (tertiary/aromatic N) is 1. The third-order valence-electron chi connectivity index (χ3n) is 3.14. The van der Waals surface area contributed by atoms with Gasteiger partial charge in [-0.05, 0) is 42.5 Å². The van der Waals surface area contributed by atoms with E-state index in [1.165, 1.54) is 12.1 Å². The topological polar surface area (TPSA) is 45.8 Å². The molecule has 116 valence electrons. The van der Waals surface area contributed by atoms with Crippen molar-refractivity contribution in [2.75, 3.05) is 0 Å². The van der Waals surface area contributed by atoms with Crippen molar-refractivity contribution in [1.82, 2.24) is 9.97 Å². The van der Waals surface area contributed by atoms with Crippen molar-refractivity contribution >= 4 is 61.1 Å². The van der Waals surface area contributed by atoms with E-state index in [1.54, 1.807) is 30.3 Å². The zero-order chi connectivity index (χ0) is 16.6. The van der Waals surface area contributed by atoms with Crippen LogP contribution in [0.4, 0.5) is 4.39 Å². The highest BCUT2D eigenvalue weighted by Gasteiger charge is 2.09. The third-order valence-corrected chi connectivity index (χ3v) is 4.15. The first-order valence-corrected chi connectivity index (χ1v) is 8.01. The molecule has 3 nitrogen and oxygen atoms in total. The summed E-state index contributed by atoms with van der Waals surface area (Å²) < 4.78 is 14.5. The molecule has 0 aliphatic heterocycles. The van der Waals surface area contributed by atoms with Crippen molar-refractivity contribution in [2.24, 2.45) is 0 Å². The molecule has 0 aliphatic carbocycles. The second kappa shape index (κ2) is 6.43. The highest BCUT2D eigenvalue weighted by molar-refractivity contribution is 9.10. The molecule has 23 heavy (non-hydrogen) atoms. The predicted molar refractivity (Wildman–Crippen MR) is 95.2 cm³/mol. The smallest absolute Gasteiger partial charge is 0.259 e. The molecule has 3 aromatic rings. The van der Waals surface area contributed by atoms with E-state index in [9.17, 15) is 9.18 Å². The Balaban J connectivity index is 2.14. The molecular weight excluding hydrogens is 406 g/mol. The summed E-state index contributed by atoms with van der Waals surface area (Å²) in [6, 6.07) is 9.23. The molecule has 7 heteroatoms. The van der Waals surface area contributed by atoms with Crippen LogP contribution >= 0.6 is 39.1 Å². The van der Waals surface area contributed by atoms with Crippen LogP contribution in [0.15, 0.2) is 45.7 Å². The monoisotopic (exact) mass is 412 g/mol. The lowest BCUT2D eigenvalue weighted by molar-refractivity contribution is 0.625. The summed E-state index contributed by atoms with van der Waals surface area (Å²) in [4.78, 5) is 18.9. The van der Waals surface area contributed by atoms with Crippen LogP contribution in [0.3, 0.4) is 0 Å². The van der Waals surface area contributed by atoms with Crippen LogP contribution in [0.1, 0.15) is 11.4 Å². The normalized spacial score (nSPS) is 11.9. The average molecular weight is 414 g/mol. The number of halogens is 4. The number of nitrogens with one attached hydrogen (secondary N) is 1. The second-order valence-electron chi connectivity index (χ2n) is 4.73. The average Bonchev–Trinajstić information content (AvgIpc) is 2.50. The van der Waals surface area contributed by atoms with Crippen LogP contribution < -0.4 is 5.56 Å². The Bertz CT molecular complexity index is 1000. The summed E-state index contributed by atoms with van der Waals surface area (Å²) >= 11 is 15.4. The van der Waals surface area contributed by atoms with Crippen molar-refractivity contribution in [3.8, 4) is 0 Å². The maximum Gasteiger partial charge on any atom is 0.259 e. The lowest BCUT2D eigenvalue weighted by atomic mass is 10.2. The van der Waals surface area contributed by atoms with Gasteiger partial charge in [-0.15, -0.1) is 0 Å². The van der Waals surface area contributed by atoms with Gasteiger partial charge in [0, 0.05) is 15.1 Å². The summed E-state index contributed by atoms with van der Waals surface area (Å²) in [6.45, 7) is 0. The number of H-pyrrole nitrogens is 1. The zero-order valence-electron chi connectivity index (χ0n) is 11.4. The number of hydrogen-bond acceptors (Lipinski definition) is 2. The highest BCUT2D eigenvalue weighted by atomic mass is 79.9. The van der Waals surface area contributed by atoms with E-state index in [4.69, 9.17) is 23.2 Å². The van der Waals surface area contributed by atoms with Crippen molar-refractivity contribution in [1.29, 1.82) is 0 Å². The van der Waals surface area contributed by atoms with Gasteiger partial charge in [0.2, 0.25) is 0 Å². The third kappa shape index (κ3) is 3.47. The minimum absolute atomic E-state index is 0.112. The van der Waals surface area contributed by atoms with E-state index >= 15 is 0 Å². The van der Waals surface area contributed by atoms with Crippen molar-refractivity contribution < 1.29 is 4.39 Å². The SMILES string of the molecule is O=c1[nH]c(/C(Cl)=C/c2cc(Br)ccc2F)nc2cc(Cl)ccc12. The van der Waals surface area contributed by atoms with E-state index < -0.39 is 5.82 Å². The van der Waals surface area contributed by atoms with Gasteiger partial charge >= 0.3 is 0 Å². The highest BCUT2D eigenvalue weighted by Crippen LogP contribution is 2.24. The minimum atomic E-state index is -0.433. The maximum atomic E-state index is 13.8. The summed E-state index contributed by atoms with van der Waals surface area (Å²) in [5.74, 6) is -0.289. The molecule has 0 unspecified atom stereocenters. The lowest BCUT2D eigenvalue weighted by Gasteiger charge is -2.04. The number of benzene rings is 2. The van der Waals surface area contributed by atoms with E-state index in [2.05, 4.69) is 25.9 Å². The molecule has 0 saturated heterocycles. The molecule has 0 amide bonds. The quantitative estimate of drug-likeness (QED) is 0.626. The fraction of sp³-hybridized carbons (Fsp3) is 0. The molecule has 0 aliphatic rings. The lowest BCUT2D eigenvalue weighted by Crippen LogP contribution is -2.10. The first kappa shape index (κ1) is 16.2. The summed E-state index contributed by atoms with van der Waals surface area (Å²) in [5, 5.41) is 0.969. The standard InChI is InChI=1S/C16H8BrCl2FN2O/c17-9-1-4-13(20)8(5-9)6-12(19)15-21-14-7-10(18)2-3-11(14)16(23)22-15/h1-7H,(H,21,22,23)/b12-6-. The van der Waals surface area contributed by atoms with Crippen LogP contribution in [-0.4, -0.2) is 9.97 Å². The molecule has 3 rings (SSSR count). The Morgan fingerprint density at radius 1 is 1.26 bits per heavy atom. The van der Waals surface area contributed by atoms with Crippen LogP contribution in [-0.2, 0) is 0 Å². The largest absolute Gasteiger partial charge is 0.305 e. The summed E-state index contributed by atoms with van der Waals surface area (Å²) in [6.07, 6.45) is 1.40. The van der Waals surface area contributed by atoms with Crippen LogP contribution in [0.25, 0.3) is 22.0 Å². The molecule has 2 aromatic carbocycles. The maximum absolute atomic E-state index is 13.8. The molecule has 1 N–H and O–H groups in total. The molecular formula is C16H8BrCl2FN2O. The van der Waals surface area contributed by atoms with E-state index in [-0.39, 0.29) is 22.0 Å². The Morgan fingerprint density at radius 3 is 2.83 bits per heavy atom. The Hall–Kier alpha value is -1.69. The van der Waals surface area contributed by atoms with Crippen LogP contribution in [0, 0.1) is 5.82 Å². The molecule has 0 radical (unpaired) electrons. The van der Waals surface area contributed by atoms with Gasteiger partial charge in [0.25, 0.3) is 5.56 Å². The number of aromatic nitrogens is 2. The first-order valence-electron chi connectivity index (χ1n) is 6.46. The zero-order valence-corrected chi connectivity index (χ0v) is 14.5. The second-order valence-corrected chi connectivity index (χ2v) is 6.49. The molecule has 0 bridgehead atoms. The molecule has 0 fully saturated rings. The van der Waals surface area contributed by atoms with Crippen molar-refractivity contribution in [3.63, 3.8) is 0 Å². The van der Waals surface area contributed by atoms with Crippen molar-refractivity contribution in [2.45, 2.75) is 0 Å². The van der Waals surface area contributed by atoms with Crippen LogP contribution in [0.2, 0.25) is 5.02 Å². The van der Waals surface area contributed by atoms with Gasteiger partial charge in [-0.25, -0.2) is 9.37 Å². The van der Waals surface area contributed by atoms with Gasteiger partial charge < -0.3 is 4.98 Å². The van der Waals surface area contributed by atoms with E-state index in [0.717, 1.165) is 0 Å². The number of aromatic amines is 1. The Kier molecular flexibility index (Phi) is 4.53. The Labute approximate surface area is 148 Å². The summed E-state index contributed by atoms with van der Waals surface area (Å²) in [7, 11) is 0. The number of fused-ring (bicyclic) bond motifs is 1. The van der Waals surface area contributed by atoms with Crippen molar-refractivity contribution in [3.05, 3.63) is 73.5 Å². The molecule has 0 spiro atoms. The van der Waals surface area contributed by atoms with Gasteiger partial charge in [-0.1, -0.05) is 39.1 Å². The summed E-state index contributed by atoms with van der Waals surface area (Å²) in [5.41, 5.74) is 0.346. The van der Waals surface area contributed by atoms with Gasteiger partial charge in [0.15, 0.2) is 5.82 Å². The fourth-order valence-corrected chi connectivity index (χ4v) is 2.81. The Morgan fingerprint density at radius 2 is 2.04 bits per heavy atom. The fourth-order valence-electron chi connectivity index (χ4n) is 2.06. The van der Waals surface area contributed by atoms with Gasteiger partial charge in [-0.3, -0.25) is 4.79 Å². The van der Waals surface area contributed by atoms with E-state index in [1.807, 2.05) is 0 Å².